The Morgan fingerprint density at radius 3 is 2.78 bits per heavy atom. The van der Waals surface area contributed by atoms with Crippen molar-refractivity contribution in [3.63, 3.8) is 0 Å². The second-order valence-corrected chi connectivity index (χ2v) is 5.89. The third-order valence-electron chi connectivity index (χ3n) is 3.88. The molecule has 0 spiro atoms. The van der Waals surface area contributed by atoms with Crippen molar-refractivity contribution in [2.75, 3.05) is 13.4 Å². The van der Waals surface area contributed by atoms with Crippen LogP contribution in [0, 0.1) is 0 Å². The summed E-state index contributed by atoms with van der Waals surface area (Å²) in [6, 6.07) is 13.0. The second-order valence-electron chi connectivity index (χ2n) is 5.89. The Bertz CT molecular complexity index is 805. The average molecular weight is 370 g/mol. The molecule has 1 N–H and O–H groups in total. The molecule has 0 bridgehead atoms. The average Bonchev–Trinajstić information content (AvgIpc) is 3.15. The number of carbonyl (C=O) groups is 1. The van der Waals surface area contributed by atoms with Crippen LogP contribution in [0.15, 0.2) is 47.6 Å². The van der Waals surface area contributed by atoms with E-state index in [0.29, 0.717) is 24.7 Å². The number of hydrogen-bond donors (Lipinski definition) is 1. The van der Waals surface area contributed by atoms with E-state index in [-0.39, 0.29) is 12.7 Å². The summed E-state index contributed by atoms with van der Waals surface area (Å²) in [4.78, 5) is 17.4. The molecule has 3 rings (SSSR count). The van der Waals surface area contributed by atoms with Gasteiger partial charge in [0.2, 0.25) is 12.9 Å². The van der Waals surface area contributed by atoms with E-state index in [9.17, 15) is 4.79 Å². The van der Waals surface area contributed by atoms with Gasteiger partial charge in [-0.3, -0.25) is 4.79 Å². The van der Waals surface area contributed by atoms with Crippen LogP contribution in [0.2, 0.25) is 0 Å². The largest absolute Gasteiger partial charge is 0.494 e. The molecule has 1 atom stereocenters. The molecular weight excluding hydrogens is 348 g/mol. The lowest BCUT2D eigenvalue weighted by atomic mass is 10.2. The fraction of sp³-hybridized carbons (Fsp3) is 0.300. The van der Waals surface area contributed by atoms with Gasteiger partial charge in [-0.25, -0.2) is 0 Å². The lowest BCUT2D eigenvalue weighted by Gasteiger charge is -2.11. The standard InChI is InChI=1S/C20H22N2O5/c1-3-24-17-7-4-15(5-8-17)12-22-27-14(2)20(23)21-11-16-6-9-18-19(10-16)26-13-25-18/h4-10,12,14H,3,11,13H2,1-2H3,(H,21,23)/b22-12-/t14-/m0/s1. The minimum atomic E-state index is -0.710. The molecule has 1 amide bonds. The highest BCUT2D eigenvalue weighted by Gasteiger charge is 2.16. The maximum atomic E-state index is 12.1. The van der Waals surface area contributed by atoms with Gasteiger partial charge in [0.05, 0.1) is 12.8 Å². The zero-order valence-corrected chi connectivity index (χ0v) is 15.3. The summed E-state index contributed by atoms with van der Waals surface area (Å²) < 4.78 is 16.0. The number of benzene rings is 2. The van der Waals surface area contributed by atoms with Crippen molar-refractivity contribution in [3.05, 3.63) is 53.6 Å². The lowest BCUT2D eigenvalue weighted by Crippen LogP contribution is -2.33. The van der Waals surface area contributed by atoms with Gasteiger partial charge in [-0.15, -0.1) is 0 Å². The van der Waals surface area contributed by atoms with Crippen LogP contribution in [0.25, 0.3) is 0 Å². The fourth-order valence-corrected chi connectivity index (χ4v) is 2.43. The van der Waals surface area contributed by atoms with Crippen LogP contribution >= 0.6 is 0 Å². The van der Waals surface area contributed by atoms with Gasteiger partial charge in [-0.1, -0.05) is 11.2 Å². The highest BCUT2D eigenvalue weighted by atomic mass is 16.7. The number of rotatable bonds is 8. The van der Waals surface area contributed by atoms with Crippen molar-refractivity contribution in [1.82, 2.24) is 5.32 Å². The summed E-state index contributed by atoms with van der Waals surface area (Å²) >= 11 is 0. The summed E-state index contributed by atoms with van der Waals surface area (Å²) in [5, 5.41) is 6.69. The van der Waals surface area contributed by atoms with E-state index in [1.807, 2.05) is 49.4 Å². The number of oxime groups is 1. The number of carbonyl (C=O) groups excluding carboxylic acids is 1. The number of nitrogens with one attached hydrogen (secondary N) is 1. The predicted molar refractivity (Wildman–Crippen MR) is 100 cm³/mol. The Morgan fingerprint density at radius 2 is 2.00 bits per heavy atom. The topological polar surface area (TPSA) is 78.4 Å². The van der Waals surface area contributed by atoms with E-state index in [1.54, 1.807) is 13.1 Å². The Balaban J connectivity index is 1.44. The second kappa shape index (κ2) is 8.93. The first-order valence-corrected chi connectivity index (χ1v) is 8.74. The van der Waals surface area contributed by atoms with Crippen molar-refractivity contribution in [2.45, 2.75) is 26.5 Å². The zero-order chi connectivity index (χ0) is 19.1. The van der Waals surface area contributed by atoms with Crippen LogP contribution in [0.3, 0.4) is 0 Å². The molecule has 0 aromatic heterocycles. The van der Waals surface area contributed by atoms with Gasteiger partial charge in [0, 0.05) is 6.54 Å². The molecule has 7 heteroatoms. The van der Waals surface area contributed by atoms with Gasteiger partial charge >= 0.3 is 0 Å². The van der Waals surface area contributed by atoms with Crippen molar-refractivity contribution < 1.29 is 23.8 Å². The molecule has 1 aliphatic rings. The highest BCUT2D eigenvalue weighted by Crippen LogP contribution is 2.32. The first-order valence-electron chi connectivity index (χ1n) is 8.74. The third-order valence-corrected chi connectivity index (χ3v) is 3.88. The van der Waals surface area contributed by atoms with Gasteiger partial charge in [0.25, 0.3) is 5.91 Å². The summed E-state index contributed by atoms with van der Waals surface area (Å²) in [5.74, 6) is 1.94. The van der Waals surface area contributed by atoms with Crippen LogP contribution < -0.4 is 19.5 Å². The Kier molecular flexibility index (Phi) is 6.14. The van der Waals surface area contributed by atoms with E-state index in [4.69, 9.17) is 19.0 Å². The fourth-order valence-electron chi connectivity index (χ4n) is 2.43. The minimum absolute atomic E-state index is 0.225. The van der Waals surface area contributed by atoms with Gasteiger partial charge in [0.15, 0.2) is 11.5 Å². The molecule has 0 fully saturated rings. The summed E-state index contributed by atoms with van der Waals surface area (Å²) in [6.45, 7) is 4.79. The molecule has 0 unspecified atom stereocenters. The van der Waals surface area contributed by atoms with Gasteiger partial charge < -0.3 is 24.4 Å². The Hall–Kier alpha value is -3.22. The molecule has 0 saturated carbocycles. The molecule has 7 nitrogen and oxygen atoms in total. The van der Waals surface area contributed by atoms with Crippen LogP contribution in [0.4, 0.5) is 0 Å². The third kappa shape index (κ3) is 5.13. The van der Waals surface area contributed by atoms with Gasteiger partial charge in [-0.05, 0) is 61.4 Å². The molecule has 0 radical (unpaired) electrons. The molecule has 1 heterocycles. The SMILES string of the molecule is CCOc1ccc(/C=N\O[C@@H](C)C(=O)NCc2ccc3c(c2)OCO3)cc1. The summed E-state index contributed by atoms with van der Waals surface area (Å²) in [7, 11) is 0. The number of nitrogens with zero attached hydrogens (tertiary/aromatic N) is 1. The molecule has 2 aromatic rings. The van der Waals surface area contributed by atoms with E-state index < -0.39 is 6.10 Å². The molecule has 0 aliphatic carbocycles. The normalized spacial score (nSPS) is 13.4. The summed E-state index contributed by atoms with van der Waals surface area (Å²) in [6.07, 6.45) is 0.843. The van der Waals surface area contributed by atoms with Crippen molar-refractivity contribution >= 4 is 12.1 Å². The maximum absolute atomic E-state index is 12.1. The number of amides is 1. The number of hydrogen-bond acceptors (Lipinski definition) is 6. The van der Waals surface area contributed by atoms with Crippen LogP contribution in [0.1, 0.15) is 25.0 Å². The molecule has 27 heavy (non-hydrogen) atoms. The van der Waals surface area contributed by atoms with E-state index in [2.05, 4.69) is 10.5 Å². The van der Waals surface area contributed by atoms with E-state index in [0.717, 1.165) is 16.9 Å². The first-order chi connectivity index (χ1) is 13.2. The van der Waals surface area contributed by atoms with Crippen LogP contribution in [-0.2, 0) is 16.2 Å². The zero-order valence-electron chi connectivity index (χ0n) is 15.3. The molecular formula is C20H22N2O5. The minimum Gasteiger partial charge on any atom is -0.494 e. The lowest BCUT2D eigenvalue weighted by molar-refractivity contribution is -0.131. The smallest absolute Gasteiger partial charge is 0.263 e. The van der Waals surface area contributed by atoms with E-state index >= 15 is 0 Å². The van der Waals surface area contributed by atoms with Crippen LogP contribution in [0.5, 0.6) is 17.2 Å². The van der Waals surface area contributed by atoms with Crippen LogP contribution in [-0.4, -0.2) is 31.6 Å². The van der Waals surface area contributed by atoms with Crippen molar-refractivity contribution in [2.24, 2.45) is 5.16 Å². The van der Waals surface area contributed by atoms with Gasteiger partial charge in [0.1, 0.15) is 5.75 Å². The maximum Gasteiger partial charge on any atom is 0.263 e. The Labute approximate surface area is 157 Å². The molecule has 142 valence electrons. The number of fused-ring (bicyclic) bond motifs is 1. The highest BCUT2D eigenvalue weighted by molar-refractivity contribution is 5.81. The van der Waals surface area contributed by atoms with Crippen molar-refractivity contribution in [3.8, 4) is 17.2 Å². The quantitative estimate of drug-likeness (QED) is 0.571. The predicted octanol–water partition coefficient (Wildman–Crippen LogP) is 2.87. The Morgan fingerprint density at radius 1 is 1.22 bits per heavy atom. The van der Waals surface area contributed by atoms with Gasteiger partial charge in [-0.2, -0.15) is 0 Å². The van der Waals surface area contributed by atoms with Crippen molar-refractivity contribution in [1.29, 1.82) is 0 Å². The molecule has 1 aliphatic heterocycles. The molecule has 2 aromatic carbocycles. The summed E-state index contributed by atoms with van der Waals surface area (Å²) in [5.41, 5.74) is 1.77. The molecule has 0 saturated heterocycles. The van der Waals surface area contributed by atoms with E-state index in [1.165, 1.54) is 0 Å². The first kappa shape index (κ1) is 18.6. The number of ether oxygens (including phenoxy) is 3. The monoisotopic (exact) mass is 370 g/mol.